The van der Waals surface area contributed by atoms with Crippen LogP contribution in [0.4, 0.5) is 9.18 Å². The van der Waals surface area contributed by atoms with Gasteiger partial charge in [-0.3, -0.25) is 4.79 Å². The van der Waals surface area contributed by atoms with Crippen molar-refractivity contribution in [2.45, 2.75) is 12.5 Å². The number of aromatic hydroxyl groups is 1. The molecule has 1 unspecified atom stereocenters. The average Bonchev–Trinajstić information content (AvgIpc) is 3.36. The number of aryl methyl sites for hydroxylation is 1. The van der Waals surface area contributed by atoms with Crippen LogP contribution in [0.2, 0.25) is 0 Å². The van der Waals surface area contributed by atoms with Crippen LogP contribution < -0.4 is 5.32 Å². The number of nitrogens with one attached hydrogen (secondary N) is 2. The third-order valence-corrected chi connectivity index (χ3v) is 6.10. The van der Waals surface area contributed by atoms with Crippen LogP contribution in [0.1, 0.15) is 15.9 Å². The number of aromatic amines is 1. The summed E-state index contributed by atoms with van der Waals surface area (Å²) in [7, 11) is 1.89. The highest BCUT2D eigenvalue weighted by atomic mass is 19.1. The van der Waals surface area contributed by atoms with E-state index < -0.39 is 18.8 Å². The fourth-order valence-electron chi connectivity index (χ4n) is 4.46. The Morgan fingerprint density at radius 1 is 1.33 bits per heavy atom. The highest BCUT2D eigenvalue weighted by Crippen LogP contribution is 2.32. The molecule has 1 aliphatic rings. The fraction of sp³-hybridized carbons (Fsp3) is 0.261. The summed E-state index contributed by atoms with van der Waals surface area (Å²) < 4.78 is 15.2. The quantitative estimate of drug-likeness (QED) is 0.371. The second kappa shape index (κ2) is 7.80. The number of phenolic OH excluding ortho intramolecular Hbond substituents is 1. The van der Waals surface area contributed by atoms with Crippen LogP contribution in [0.3, 0.4) is 0 Å². The van der Waals surface area contributed by atoms with Crippen molar-refractivity contribution in [3.8, 4) is 17.3 Å². The maximum Gasteiger partial charge on any atom is 0.405 e. The number of alkyl halides is 1. The summed E-state index contributed by atoms with van der Waals surface area (Å²) in [6.07, 6.45) is -0.750. The van der Waals surface area contributed by atoms with E-state index in [0.717, 1.165) is 22.2 Å². The van der Waals surface area contributed by atoms with Crippen molar-refractivity contribution in [3.63, 3.8) is 0 Å². The largest absolute Gasteiger partial charge is 0.506 e. The molecular formula is C23H22FN5O4. The predicted molar refractivity (Wildman–Crippen MR) is 120 cm³/mol. The topological polar surface area (TPSA) is 123 Å². The molecule has 0 aliphatic carbocycles. The standard InChI is InChI=1S/C23H22FN5O4/c1-28-18-8-12-5-6-29(11-14(10-24)25-23(32)33)22(31)15(12)9-16(18)27-21(28)17-7-13-3-2-4-19(30)20(13)26-17/h2-4,7-9,14,25-26,30H,5-6,10-11H2,1H3,(H,32,33). The lowest BCUT2D eigenvalue weighted by Crippen LogP contribution is -2.48. The van der Waals surface area contributed by atoms with Crippen LogP contribution >= 0.6 is 0 Å². The first-order valence-electron chi connectivity index (χ1n) is 10.5. The van der Waals surface area contributed by atoms with Gasteiger partial charge in [-0.25, -0.2) is 14.2 Å². The van der Waals surface area contributed by atoms with Crippen molar-refractivity contribution in [3.05, 3.63) is 47.5 Å². The molecule has 4 aromatic rings. The van der Waals surface area contributed by atoms with Gasteiger partial charge in [0.1, 0.15) is 12.4 Å². The maximum atomic E-state index is 13.2. The second-order valence-corrected chi connectivity index (χ2v) is 8.22. The molecule has 1 atom stereocenters. The van der Waals surface area contributed by atoms with E-state index in [0.29, 0.717) is 35.4 Å². The van der Waals surface area contributed by atoms with Gasteiger partial charge in [0.15, 0.2) is 5.82 Å². The summed E-state index contributed by atoms with van der Waals surface area (Å²) in [6.45, 7) is -0.558. The van der Waals surface area contributed by atoms with Crippen LogP contribution in [-0.2, 0) is 13.5 Å². The molecule has 9 nitrogen and oxygen atoms in total. The molecule has 0 saturated carbocycles. The van der Waals surface area contributed by atoms with Gasteiger partial charge < -0.3 is 30.0 Å². The van der Waals surface area contributed by atoms with Crippen LogP contribution in [0, 0.1) is 0 Å². The molecule has 2 aromatic heterocycles. The first-order chi connectivity index (χ1) is 15.9. The number of rotatable bonds is 5. The maximum absolute atomic E-state index is 13.2. The van der Waals surface area contributed by atoms with Gasteiger partial charge >= 0.3 is 6.09 Å². The molecule has 10 heteroatoms. The van der Waals surface area contributed by atoms with E-state index in [-0.39, 0.29) is 18.2 Å². The Bertz CT molecular complexity index is 1410. The normalized spacial score (nSPS) is 14.6. The molecule has 33 heavy (non-hydrogen) atoms. The van der Waals surface area contributed by atoms with Crippen molar-refractivity contribution >= 4 is 33.9 Å². The average molecular weight is 451 g/mol. The number of amides is 2. The zero-order chi connectivity index (χ0) is 23.3. The summed E-state index contributed by atoms with van der Waals surface area (Å²) >= 11 is 0. The molecular weight excluding hydrogens is 429 g/mol. The number of benzene rings is 2. The third-order valence-electron chi connectivity index (χ3n) is 6.10. The van der Waals surface area contributed by atoms with Gasteiger partial charge in [0, 0.05) is 31.1 Å². The number of halogens is 1. The zero-order valence-corrected chi connectivity index (χ0v) is 17.8. The van der Waals surface area contributed by atoms with Gasteiger partial charge in [0.2, 0.25) is 0 Å². The smallest absolute Gasteiger partial charge is 0.405 e. The van der Waals surface area contributed by atoms with Crippen molar-refractivity contribution in [2.24, 2.45) is 7.05 Å². The van der Waals surface area contributed by atoms with Crippen molar-refractivity contribution in [2.75, 3.05) is 19.8 Å². The molecule has 0 bridgehead atoms. The summed E-state index contributed by atoms with van der Waals surface area (Å²) in [5, 5.41) is 21.9. The number of para-hydroxylation sites is 1. The van der Waals surface area contributed by atoms with Gasteiger partial charge in [0.05, 0.1) is 28.3 Å². The van der Waals surface area contributed by atoms with Gasteiger partial charge in [-0.05, 0) is 36.2 Å². The van der Waals surface area contributed by atoms with E-state index in [1.54, 1.807) is 18.2 Å². The lowest BCUT2D eigenvalue weighted by molar-refractivity contribution is 0.0714. The van der Waals surface area contributed by atoms with E-state index in [1.165, 1.54) is 4.90 Å². The van der Waals surface area contributed by atoms with E-state index in [1.807, 2.05) is 29.8 Å². The molecule has 5 rings (SSSR count). The molecule has 2 amide bonds. The number of carbonyl (C=O) groups is 2. The Balaban J connectivity index is 1.50. The lowest BCUT2D eigenvalue weighted by Gasteiger charge is -2.31. The number of imidazole rings is 1. The van der Waals surface area contributed by atoms with Crippen LogP contribution in [0.25, 0.3) is 33.5 Å². The first-order valence-corrected chi connectivity index (χ1v) is 10.5. The van der Waals surface area contributed by atoms with Gasteiger partial charge in [-0.1, -0.05) is 12.1 Å². The number of phenols is 1. The van der Waals surface area contributed by atoms with Gasteiger partial charge in [-0.15, -0.1) is 0 Å². The molecule has 2 aromatic carbocycles. The van der Waals surface area contributed by atoms with Crippen molar-refractivity contribution < 1.29 is 24.2 Å². The molecule has 170 valence electrons. The first kappa shape index (κ1) is 20.8. The van der Waals surface area contributed by atoms with Crippen molar-refractivity contribution in [1.29, 1.82) is 0 Å². The molecule has 0 spiro atoms. The summed E-state index contributed by atoms with van der Waals surface area (Å²) in [5.41, 5.74) is 4.22. The van der Waals surface area contributed by atoms with Gasteiger partial charge in [0.25, 0.3) is 5.91 Å². The summed E-state index contributed by atoms with van der Waals surface area (Å²) in [6, 6.07) is 9.90. The van der Waals surface area contributed by atoms with Gasteiger partial charge in [-0.2, -0.15) is 0 Å². The molecule has 0 saturated heterocycles. The second-order valence-electron chi connectivity index (χ2n) is 8.22. The predicted octanol–water partition coefficient (Wildman–Crippen LogP) is 3.03. The molecule has 4 N–H and O–H groups in total. The SMILES string of the molecule is Cn1c(-c2cc3cccc(O)c3[nH]2)nc2cc3c(cc21)CCN(CC(CF)NC(=O)O)C3=O. The Hall–Kier alpha value is -4.08. The third kappa shape index (κ3) is 3.53. The van der Waals surface area contributed by atoms with E-state index >= 15 is 0 Å². The molecule has 0 radical (unpaired) electrons. The lowest BCUT2D eigenvalue weighted by atomic mass is 9.97. The molecule has 0 fully saturated rings. The summed E-state index contributed by atoms with van der Waals surface area (Å²) in [4.78, 5) is 33.3. The fourth-order valence-corrected chi connectivity index (χ4v) is 4.46. The minimum absolute atomic E-state index is 0.0366. The van der Waals surface area contributed by atoms with E-state index in [9.17, 15) is 19.1 Å². The number of H-pyrrole nitrogens is 1. The monoisotopic (exact) mass is 451 g/mol. The minimum atomic E-state index is -1.32. The number of hydrogen-bond donors (Lipinski definition) is 4. The minimum Gasteiger partial charge on any atom is -0.506 e. The Morgan fingerprint density at radius 2 is 2.15 bits per heavy atom. The summed E-state index contributed by atoms with van der Waals surface area (Å²) in [5.74, 6) is 0.546. The van der Waals surface area contributed by atoms with Crippen LogP contribution in [0.15, 0.2) is 36.4 Å². The number of aromatic nitrogens is 3. The number of carboxylic acid groups (broad SMARTS) is 1. The van der Waals surface area contributed by atoms with E-state index in [4.69, 9.17) is 10.1 Å². The van der Waals surface area contributed by atoms with Crippen molar-refractivity contribution in [1.82, 2.24) is 24.8 Å². The number of hydrogen-bond acceptors (Lipinski definition) is 4. The number of fused-ring (bicyclic) bond motifs is 3. The molecule has 3 heterocycles. The highest BCUT2D eigenvalue weighted by molar-refractivity contribution is 6.00. The van der Waals surface area contributed by atoms with Crippen LogP contribution in [0.5, 0.6) is 5.75 Å². The Morgan fingerprint density at radius 3 is 2.88 bits per heavy atom. The Labute approximate surface area is 187 Å². The Kier molecular flexibility index (Phi) is 4.92. The number of nitrogens with zero attached hydrogens (tertiary/aromatic N) is 3. The number of carbonyl (C=O) groups excluding carboxylic acids is 1. The van der Waals surface area contributed by atoms with Crippen LogP contribution in [-0.4, -0.2) is 67.5 Å². The highest BCUT2D eigenvalue weighted by Gasteiger charge is 2.28. The zero-order valence-electron chi connectivity index (χ0n) is 17.8. The molecule has 1 aliphatic heterocycles. The van der Waals surface area contributed by atoms with E-state index in [2.05, 4.69) is 10.3 Å².